The van der Waals surface area contributed by atoms with Crippen molar-refractivity contribution >= 4 is 0 Å². The number of hydrogen-bond acceptors (Lipinski definition) is 3. The van der Waals surface area contributed by atoms with E-state index in [-0.39, 0.29) is 5.60 Å². The Bertz CT molecular complexity index is 373. The molecule has 1 saturated heterocycles. The van der Waals surface area contributed by atoms with E-state index in [9.17, 15) is 5.11 Å². The Hall–Kier alpha value is -0.870. The molecule has 1 fully saturated rings. The van der Waals surface area contributed by atoms with Gasteiger partial charge in [0.1, 0.15) is 0 Å². The molecule has 90 valence electrons. The first kappa shape index (κ1) is 11.6. The summed E-state index contributed by atoms with van der Waals surface area (Å²) < 4.78 is 7.39. The molecule has 4 heteroatoms. The van der Waals surface area contributed by atoms with Gasteiger partial charge in [-0.3, -0.25) is 4.68 Å². The van der Waals surface area contributed by atoms with Gasteiger partial charge in [0.25, 0.3) is 0 Å². The SMILES string of the molecule is Cn1cc(CC2(O)CCOC(C)(C)C2)cn1. The highest BCUT2D eigenvalue weighted by Crippen LogP contribution is 2.34. The molecule has 0 aliphatic carbocycles. The van der Waals surface area contributed by atoms with Gasteiger partial charge in [-0.15, -0.1) is 0 Å². The molecule has 1 atom stereocenters. The highest BCUT2D eigenvalue weighted by molar-refractivity contribution is 5.09. The summed E-state index contributed by atoms with van der Waals surface area (Å²) in [4.78, 5) is 0. The zero-order chi connectivity index (χ0) is 11.8. The van der Waals surface area contributed by atoms with Crippen LogP contribution < -0.4 is 0 Å². The summed E-state index contributed by atoms with van der Waals surface area (Å²) in [5.74, 6) is 0. The van der Waals surface area contributed by atoms with E-state index in [4.69, 9.17) is 4.74 Å². The number of ether oxygens (including phenoxy) is 1. The van der Waals surface area contributed by atoms with Gasteiger partial charge in [-0.2, -0.15) is 5.10 Å². The van der Waals surface area contributed by atoms with E-state index in [0.717, 1.165) is 5.56 Å². The molecule has 0 saturated carbocycles. The van der Waals surface area contributed by atoms with E-state index >= 15 is 0 Å². The number of nitrogens with zero attached hydrogens (tertiary/aromatic N) is 2. The minimum Gasteiger partial charge on any atom is -0.389 e. The van der Waals surface area contributed by atoms with Crippen molar-refractivity contribution in [1.82, 2.24) is 9.78 Å². The largest absolute Gasteiger partial charge is 0.389 e. The van der Waals surface area contributed by atoms with Crippen LogP contribution in [0.2, 0.25) is 0 Å². The van der Waals surface area contributed by atoms with Crippen LogP contribution in [-0.2, 0) is 18.2 Å². The van der Waals surface area contributed by atoms with Crippen LogP contribution in [0.3, 0.4) is 0 Å². The molecule has 0 spiro atoms. The monoisotopic (exact) mass is 224 g/mol. The standard InChI is InChI=1S/C12H20N2O2/c1-11(2)9-12(15,4-5-16-11)6-10-7-13-14(3)8-10/h7-8,15H,4-6,9H2,1-3H3. The summed E-state index contributed by atoms with van der Waals surface area (Å²) in [6, 6.07) is 0. The maximum atomic E-state index is 10.6. The molecule has 0 bridgehead atoms. The summed E-state index contributed by atoms with van der Waals surface area (Å²) in [5.41, 5.74) is 0.211. The van der Waals surface area contributed by atoms with Crippen LogP contribution in [0.1, 0.15) is 32.3 Å². The third-order valence-corrected chi connectivity index (χ3v) is 3.11. The first-order valence-corrected chi connectivity index (χ1v) is 5.73. The third kappa shape index (κ3) is 2.62. The molecule has 1 aliphatic rings. The molecule has 0 aromatic carbocycles. The highest BCUT2D eigenvalue weighted by atomic mass is 16.5. The van der Waals surface area contributed by atoms with E-state index in [1.165, 1.54) is 0 Å². The Labute approximate surface area is 96.2 Å². The molecular weight excluding hydrogens is 204 g/mol. The zero-order valence-corrected chi connectivity index (χ0v) is 10.2. The molecule has 0 amide bonds. The topological polar surface area (TPSA) is 47.3 Å². The first-order valence-electron chi connectivity index (χ1n) is 5.73. The number of hydrogen-bond donors (Lipinski definition) is 1. The molecular formula is C12H20N2O2. The second kappa shape index (κ2) is 3.86. The Kier molecular flexibility index (Phi) is 2.80. The smallest absolute Gasteiger partial charge is 0.0738 e. The normalized spacial score (nSPS) is 29.2. The van der Waals surface area contributed by atoms with Gasteiger partial charge in [-0.05, 0) is 25.8 Å². The lowest BCUT2D eigenvalue weighted by Crippen LogP contribution is -2.47. The fourth-order valence-corrected chi connectivity index (χ4v) is 2.54. The van der Waals surface area contributed by atoms with Crippen molar-refractivity contribution in [3.05, 3.63) is 18.0 Å². The molecule has 1 aromatic heterocycles. The Balaban J connectivity index is 2.07. The predicted molar refractivity (Wildman–Crippen MR) is 61.1 cm³/mol. The molecule has 0 radical (unpaired) electrons. The Morgan fingerprint density at radius 2 is 2.31 bits per heavy atom. The average Bonchev–Trinajstić information content (AvgIpc) is 2.47. The lowest BCUT2D eigenvalue weighted by atomic mass is 9.81. The van der Waals surface area contributed by atoms with E-state index in [1.54, 1.807) is 4.68 Å². The molecule has 2 rings (SSSR count). The second-order valence-corrected chi connectivity index (χ2v) is 5.46. The van der Waals surface area contributed by atoms with Crippen molar-refractivity contribution in [2.45, 2.75) is 44.3 Å². The van der Waals surface area contributed by atoms with Crippen LogP contribution in [-0.4, -0.2) is 32.7 Å². The summed E-state index contributed by atoms with van der Waals surface area (Å²) >= 11 is 0. The first-order chi connectivity index (χ1) is 7.39. The van der Waals surface area contributed by atoms with Gasteiger partial charge in [0.05, 0.1) is 24.0 Å². The van der Waals surface area contributed by atoms with E-state index < -0.39 is 5.60 Å². The lowest BCUT2D eigenvalue weighted by Gasteiger charge is -2.41. The lowest BCUT2D eigenvalue weighted by molar-refractivity contribution is -0.143. The molecule has 2 heterocycles. The van der Waals surface area contributed by atoms with Gasteiger partial charge < -0.3 is 9.84 Å². The van der Waals surface area contributed by atoms with Crippen molar-refractivity contribution in [3.8, 4) is 0 Å². The van der Waals surface area contributed by atoms with Crippen molar-refractivity contribution < 1.29 is 9.84 Å². The van der Waals surface area contributed by atoms with Gasteiger partial charge in [-0.1, -0.05) is 0 Å². The quantitative estimate of drug-likeness (QED) is 0.823. The molecule has 16 heavy (non-hydrogen) atoms. The summed E-state index contributed by atoms with van der Waals surface area (Å²) in [6.07, 6.45) is 5.81. The minimum absolute atomic E-state index is 0.227. The molecule has 4 nitrogen and oxygen atoms in total. The van der Waals surface area contributed by atoms with Crippen molar-refractivity contribution in [2.24, 2.45) is 7.05 Å². The summed E-state index contributed by atoms with van der Waals surface area (Å²) in [6.45, 7) is 4.69. The van der Waals surface area contributed by atoms with Gasteiger partial charge >= 0.3 is 0 Å². The van der Waals surface area contributed by atoms with Crippen LogP contribution >= 0.6 is 0 Å². The minimum atomic E-state index is -0.648. The van der Waals surface area contributed by atoms with Gasteiger partial charge in [0.15, 0.2) is 0 Å². The van der Waals surface area contributed by atoms with E-state index in [2.05, 4.69) is 5.10 Å². The predicted octanol–water partition coefficient (Wildman–Crippen LogP) is 1.28. The van der Waals surface area contributed by atoms with Crippen molar-refractivity contribution in [2.75, 3.05) is 6.61 Å². The fourth-order valence-electron chi connectivity index (χ4n) is 2.54. The van der Waals surface area contributed by atoms with Crippen LogP contribution in [0, 0.1) is 0 Å². The molecule has 1 unspecified atom stereocenters. The van der Waals surface area contributed by atoms with Crippen LogP contribution in [0.15, 0.2) is 12.4 Å². The van der Waals surface area contributed by atoms with Crippen molar-refractivity contribution in [3.63, 3.8) is 0 Å². The van der Waals surface area contributed by atoms with Gasteiger partial charge in [0, 0.05) is 26.1 Å². The number of aliphatic hydroxyl groups is 1. The summed E-state index contributed by atoms with van der Waals surface area (Å²) in [5, 5.41) is 14.7. The zero-order valence-electron chi connectivity index (χ0n) is 10.2. The fraction of sp³-hybridized carbons (Fsp3) is 0.750. The molecule has 1 aliphatic heterocycles. The van der Waals surface area contributed by atoms with Gasteiger partial charge in [0.2, 0.25) is 0 Å². The maximum absolute atomic E-state index is 10.6. The van der Waals surface area contributed by atoms with Crippen molar-refractivity contribution in [1.29, 1.82) is 0 Å². The van der Waals surface area contributed by atoms with E-state index in [0.29, 0.717) is 25.9 Å². The third-order valence-electron chi connectivity index (χ3n) is 3.11. The maximum Gasteiger partial charge on any atom is 0.0738 e. The molecule has 1 aromatic rings. The van der Waals surface area contributed by atoms with Crippen LogP contribution in [0.5, 0.6) is 0 Å². The van der Waals surface area contributed by atoms with Crippen LogP contribution in [0.4, 0.5) is 0 Å². The van der Waals surface area contributed by atoms with Gasteiger partial charge in [-0.25, -0.2) is 0 Å². The average molecular weight is 224 g/mol. The number of rotatable bonds is 2. The van der Waals surface area contributed by atoms with Crippen LogP contribution in [0.25, 0.3) is 0 Å². The summed E-state index contributed by atoms with van der Waals surface area (Å²) in [7, 11) is 1.89. The Morgan fingerprint density at radius 3 is 2.88 bits per heavy atom. The second-order valence-electron chi connectivity index (χ2n) is 5.46. The molecule has 1 N–H and O–H groups in total. The Morgan fingerprint density at radius 1 is 1.56 bits per heavy atom. The number of aryl methyl sites for hydroxylation is 1. The highest BCUT2D eigenvalue weighted by Gasteiger charge is 2.39. The number of aromatic nitrogens is 2. The van der Waals surface area contributed by atoms with E-state index in [1.807, 2.05) is 33.3 Å².